The summed E-state index contributed by atoms with van der Waals surface area (Å²) in [7, 11) is 0. The molecule has 1 N–H and O–H groups in total. The molecule has 2 heterocycles. The van der Waals surface area contributed by atoms with Crippen LogP contribution >= 0.6 is 0 Å². The van der Waals surface area contributed by atoms with Gasteiger partial charge in [0.15, 0.2) is 0 Å². The van der Waals surface area contributed by atoms with Crippen LogP contribution in [0.3, 0.4) is 0 Å². The molecule has 0 radical (unpaired) electrons. The van der Waals surface area contributed by atoms with Crippen molar-refractivity contribution < 1.29 is 14.6 Å². The molecular formula is C6H9NO4. The zero-order valence-corrected chi connectivity index (χ0v) is 5.84. The first kappa shape index (κ1) is 7.15. The maximum absolute atomic E-state index is 10.2. The molecule has 0 amide bonds. The highest BCUT2D eigenvalue weighted by atomic mass is 16.6. The third kappa shape index (κ3) is 0.962. The monoisotopic (exact) mass is 159 g/mol. The minimum Gasteiger partial charge on any atom is -0.388 e. The fourth-order valence-electron chi connectivity index (χ4n) is 1.55. The molecule has 5 heteroatoms. The lowest BCUT2D eigenvalue weighted by Gasteiger charge is -2.08. The molecule has 0 bridgehead atoms. The van der Waals surface area contributed by atoms with Crippen molar-refractivity contribution in [2.75, 3.05) is 13.2 Å². The molecule has 2 rings (SSSR count). The fourth-order valence-corrected chi connectivity index (χ4v) is 1.55. The Hall–Kier alpha value is -0.520. The number of fused-ring (bicyclic) bond motifs is 1. The van der Waals surface area contributed by atoms with Gasteiger partial charge in [-0.3, -0.25) is 0 Å². The van der Waals surface area contributed by atoms with E-state index in [1.54, 1.807) is 0 Å². The van der Waals surface area contributed by atoms with Gasteiger partial charge < -0.3 is 14.6 Å². The van der Waals surface area contributed by atoms with Crippen molar-refractivity contribution in [2.45, 2.75) is 24.4 Å². The summed E-state index contributed by atoms with van der Waals surface area (Å²) in [5.41, 5.74) is 0. The molecule has 0 aliphatic carbocycles. The number of hydrogen-bond donors (Lipinski definition) is 1. The van der Waals surface area contributed by atoms with Crippen LogP contribution < -0.4 is 0 Å². The summed E-state index contributed by atoms with van der Waals surface area (Å²) >= 11 is 0. The highest BCUT2D eigenvalue weighted by Gasteiger charge is 2.47. The van der Waals surface area contributed by atoms with Crippen LogP contribution in [0.2, 0.25) is 0 Å². The fraction of sp³-hybridized carbons (Fsp3) is 1.00. The van der Waals surface area contributed by atoms with E-state index in [2.05, 4.69) is 5.18 Å². The first-order valence-corrected chi connectivity index (χ1v) is 3.56. The van der Waals surface area contributed by atoms with E-state index in [0.717, 1.165) is 0 Å². The molecule has 2 fully saturated rings. The average molecular weight is 159 g/mol. The minimum atomic E-state index is -0.591. The first-order valence-electron chi connectivity index (χ1n) is 3.56. The normalized spacial score (nSPS) is 49.2. The second-order valence-electron chi connectivity index (χ2n) is 2.84. The highest BCUT2D eigenvalue weighted by molar-refractivity contribution is 4.97. The molecule has 0 saturated carbocycles. The quantitative estimate of drug-likeness (QED) is 0.512. The summed E-state index contributed by atoms with van der Waals surface area (Å²) in [4.78, 5) is 10.2. The van der Waals surface area contributed by atoms with Crippen molar-refractivity contribution >= 4 is 0 Å². The minimum absolute atomic E-state index is 0.251. The molecule has 2 saturated heterocycles. The van der Waals surface area contributed by atoms with Gasteiger partial charge >= 0.3 is 0 Å². The number of aliphatic hydroxyl groups is 1. The maximum Gasteiger partial charge on any atom is 0.144 e. The molecule has 0 aromatic heterocycles. The maximum atomic E-state index is 10.2. The van der Waals surface area contributed by atoms with Crippen LogP contribution in [0, 0.1) is 4.91 Å². The van der Waals surface area contributed by atoms with Gasteiger partial charge in [-0.2, -0.15) is 4.91 Å². The Labute approximate surface area is 63.3 Å². The molecule has 0 aromatic rings. The Morgan fingerprint density at radius 3 is 2.73 bits per heavy atom. The van der Waals surface area contributed by atoms with Gasteiger partial charge in [-0.05, 0) is 0 Å². The first-order chi connectivity index (χ1) is 5.33. The van der Waals surface area contributed by atoms with Gasteiger partial charge in [-0.15, -0.1) is 0 Å². The third-order valence-corrected chi connectivity index (χ3v) is 2.14. The van der Waals surface area contributed by atoms with Gasteiger partial charge in [-0.25, -0.2) is 0 Å². The number of rotatable bonds is 1. The molecule has 2 unspecified atom stereocenters. The SMILES string of the molecule is O=N[C@@H]1COC2C1OC[C@@H]2O. The number of hydrogen-bond acceptors (Lipinski definition) is 5. The lowest BCUT2D eigenvalue weighted by atomic mass is 10.1. The number of ether oxygens (including phenoxy) is 2. The topological polar surface area (TPSA) is 68.1 Å². The third-order valence-electron chi connectivity index (χ3n) is 2.14. The van der Waals surface area contributed by atoms with Crippen LogP contribution in [0.25, 0.3) is 0 Å². The highest BCUT2D eigenvalue weighted by Crippen LogP contribution is 2.28. The van der Waals surface area contributed by atoms with E-state index in [4.69, 9.17) is 9.47 Å². The van der Waals surface area contributed by atoms with Crippen LogP contribution in [-0.2, 0) is 9.47 Å². The molecule has 0 spiro atoms. The van der Waals surface area contributed by atoms with E-state index in [0.29, 0.717) is 0 Å². The van der Waals surface area contributed by atoms with Gasteiger partial charge in [0.05, 0.1) is 13.2 Å². The smallest absolute Gasteiger partial charge is 0.144 e. The zero-order valence-electron chi connectivity index (χ0n) is 5.84. The number of nitrogens with zero attached hydrogens (tertiary/aromatic N) is 1. The van der Waals surface area contributed by atoms with Gasteiger partial charge in [-0.1, -0.05) is 5.18 Å². The molecule has 2 aliphatic heterocycles. The van der Waals surface area contributed by atoms with Crippen LogP contribution in [0.5, 0.6) is 0 Å². The van der Waals surface area contributed by atoms with Crippen LogP contribution in [0.4, 0.5) is 0 Å². The second-order valence-corrected chi connectivity index (χ2v) is 2.84. The molecule has 62 valence electrons. The Kier molecular flexibility index (Phi) is 1.63. The van der Waals surface area contributed by atoms with E-state index in [1.165, 1.54) is 0 Å². The summed E-state index contributed by atoms with van der Waals surface area (Å²) in [5, 5.41) is 12.1. The van der Waals surface area contributed by atoms with Gasteiger partial charge in [0.25, 0.3) is 0 Å². The van der Waals surface area contributed by atoms with Crippen molar-refractivity contribution in [2.24, 2.45) is 5.18 Å². The van der Waals surface area contributed by atoms with Crippen molar-refractivity contribution in [1.82, 2.24) is 0 Å². The molecule has 0 aromatic carbocycles. The number of nitroso groups, excluding NO2 is 1. The lowest BCUT2D eigenvalue weighted by molar-refractivity contribution is 0.0182. The summed E-state index contributed by atoms with van der Waals surface area (Å²) in [6.45, 7) is 0.525. The van der Waals surface area contributed by atoms with Gasteiger partial charge in [0.1, 0.15) is 24.4 Å². The summed E-state index contributed by atoms with van der Waals surface area (Å²) in [6, 6.07) is -0.433. The summed E-state index contributed by atoms with van der Waals surface area (Å²) in [5.74, 6) is 0. The Morgan fingerprint density at radius 2 is 2.00 bits per heavy atom. The zero-order chi connectivity index (χ0) is 7.84. The van der Waals surface area contributed by atoms with Crippen molar-refractivity contribution in [1.29, 1.82) is 0 Å². The Morgan fingerprint density at radius 1 is 1.27 bits per heavy atom. The standard InChI is InChI=1S/C6H9NO4/c8-4-2-11-5-3(7-9)1-10-6(4)5/h3-6,8H,1-2H2/t3-,4+,5?,6?/m1/s1. The molecule has 5 nitrogen and oxygen atoms in total. The largest absolute Gasteiger partial charge is 0.388 e. The molecule has 2 aliphatic rings. The molecule has 11 heavy (non-hydrogen) atoms. The second kappa shape index (κ2) is 2.51. The van der Waals surface area contributed by atoms with Crippen molar-refractivity contribution in [3.05, 3.63) is 4.91 Å². The molecule has 4 atom stereocenters. The summed E-state index contributed by atoms with van der Waals surface area (Å²) in [6.07, 6.45) is -1.24. The van der Waals surface area contributed by atoms with E-state index < -0.39 is 12.1 Å². The van der Waals surface area contributed by atoms with E-state index >= 15 is 0 Å². The van der Waals surface area contributed by atoms with Crippen LogP contribution in [0.15, 0.2) is 5.18 Å². The van der Waals surface area contributed by atoms with Crippen molar-refractivity contribution in [3.63, 3.8) is 0 Å². The van der Waals surface area contributed by atoms with E-state index in [-0.39, 0.29) is 25.4 Å². The van der Waals surface area contributed by atoms with Crippen molar-refractivity contribution in [3.8, 4) is 0 Å². The van der Waals surface area contributed by atoms with Crippen LogP contribution in [0.1, 0.15) is 0 Å². The molecular weight excluding hydrogens is 150 g/mol. The summed E-state index contributed by atoms with van der Waals surface area (Å²) < 4.78 is 10.2. The lowest BCUT2D eigenvalue weighted by Crippen LogP contribution is -2.30. The Bertz CT molecular complexity index is 174. The van der Waals surface area contributed by atoms with Gasteiger partial charge in [0, 0.05) is 0 Å². The Balaban J connectivity index is 2.10. The van der Waals surface area contributed by atoms with Crippen LogP contribution in [-0.4, -0.2) is 42.7 Å². The van der Waals surface area contributed by atoms with E-state index in [1.807, 2.05) is 0 Å². The van der Waals surface area contributed by atoms with Gasteiger partial charge in [0.2, 0.25) is 0 Å². The predicted molar refractivity (Wildman–Crippen MR) is 35.1 cm³/mol. The number of aliphatic hydroxyl groups excluding tert-OH is 1. The predicted octanol–water partition coefficient (Wildman–Crippen LogP) is -0.720. The van der Waals surface area contributed by atoms with E-state index in [9.17, 15) is 10.0 Å². The average Bonchev–Trinajstić information content (AvgIpc) is 2.53.